The maximum Gasteiger partial charge on any atom is 0.250 e. The van der Waals surface area contributed by atoms with Gasteiger partial charge in [0.25, 0.3) is 8.53 Å². The minimum atomic E-state index is -2.43. The summed E-state index contributed by atoms with van der Waals surface area (Å²) in [7, 11) is -2.43. The molecule has 1 aliphatic heterocycles. The normalized spacial score (nSPS) is 39.3. The molecule has 0 saturated carbocycles. The van der Waals surface area contributed by atoms with Gasteiger partial charge < -0.3 is 44.8 Å². The third kappa shape index (κ3) is 4.03. The van der Waals surface area contributed by atoms with Crippen molar-refractivity contribution in [3.05, 3.63) is 0 Å². The van der Waals surface area contributed by atoms with Crippen molar-refractivity contribution in [2.45, 2.75) is 42.7 Å². The average Bonchev–Trinajstić information content (AvgIpc) is 2.42. The van der Waals surface area contributed by atoms with E-state index in [1.54, 1.807) is 0 Å². The van der Waals surface area contributed by atoms with Crippen LogP contribution in [0.4, 0.5) is 0 Å². The molecule has 1 saturated heterocycles. The van der Waals surface area contributed by atoms with E-state index in [0.717, 1.165) is 0 Å². The van der Waals surface area contributed by atoms with Crippen LogP contribution < -0.4 is 5.50 Å². The van der Waals surface area contributed by atoms with Gasteiger partial charge in [0.1, 0.15) is 42.7 Å². The van der Waals surface area contributed by atoms with Crippen molar-refractivity contribution in [1.29, 1.82) is 0 Å². The molecule has 1 fully saturated rings. The third-order valence-corrected chi connectivity index (χ3v) is 3.51. The standard InChI is InChI=1S/C9H20NO9P/c10-20(17)19-8(3(13)1-11)9-7(16)6(15)5(14)4(2-12)18-9/h3-9,11-17H,1-2,10H2/t3?,4-,5+,6+,7-,8?,9?,20?/m1/s1. The van der Waals surface area contributed by atoms with E-state index < -0.39 is 64.5 Å². The van der Waals surface area contributed by atoms with Crippen LogP contribution in [0.3, 0.4) is 0 Å². The second-order valence-electron chi connectivity index (χ2n) is 4.42. The molecule has 11 heteroatoms. The van der Waals surface area contributed by atoms with Gasteiger partial charge in [0.15, 0.2) is 0 Å². The summed E-state index contributed by atoms with van der Waals surface area (Å²) >= 11 is 0. The lowest BCUT2D eigenvalue weighted by Crippen LogP contribution is -2.63. The number of aliphatic hydroxyl groups excluding tert-OH is 6. The number of aliphatic hydroxyl groups is 6. The van der Waals surface area contributed by atoms with Gasteiger partial charge in [0.05, 0.1) is 13.2 Å². The number of rotatable bonds is 6. The summed E-state index contributed by atoms with van der Waals surface area (Å²) in [6.45, 7) is -1.43. The highest BCUT2D eigenvalue weighted by Crippen LogP contribution is 2.32. The molecular formula is C9H20NO9P. The zero-order valence-electron chi connectivity index (χ0n) is 10.4. The molecule has 0 spiro atoms. The van der Waals surface area contributed by atoms with Gasteiger partial charge in [0.2, 0.25) is 0 Å². The summed E-state index contributed by atoms with van der Waals surface area (Å²) in [5.74, 6) is 0. The van der Waals surface area contributed by atoms with Gasteiger partial charge in [0, 0.05) is 0 Å². The van der Waals surface area contributed by atoms with Gasteiger partial charge in [-0.15, -0.1) is 0 Å². The van der Waals surface area contributed by atoms with E-state index in [4.69, 9.17) is 29.9 Å². The van der Waals surface area contributed by atoms with Crippen LogP contribution in [-0.2, 0) is 9.26 Å². The summed E-state index contributed by atoms with van der Waals surface area (Å²) < 4.78 is 9.97. The van der Waals surface area contributed by atoms with Crippen LogP contribution in [0.15, 0.2) is 0 Å². The Bertz CT molecular complexity index is 295. The molecule has 0 aromatic heterocycles. The van der Waals surface area contributed by atoms with Gasteiger partial charge in [-0.05, 0) is 0 Å². The van der Waals surface area contributed by atoms with Gasteiger partial charge in [-0.1, -0.05) is 0 Å². The molecule has 1 rings (SSSR count). The largest absolute Gasteiger partial charge is 0.394 e. The molecule has 0 aromatic carbocycles. The fraction of sp³-hybridized carbons (Fsp3) is 1.00. The van der Waals surface area contributed by atoms with Gasteiger partial charge in [-0.25, -0.2) is 0 Å². The molecular weight excluding hydrogens is 297 g/mol. The molecule has 0 aliphatic carbocycles. The molecule has 20 heavy (non-hydrogen) atoms. The van der Waals surface area contributed by atoms with Gasteiger partial charge in [-0.2, -0.15) is 0 Å². The number of hydrogen-bond donors (Lipinski definition) is 8. The van der Waals surface area contributed by atoms with Crippen LogP contribution in [0.25, 0.3) is 0 Å². The quantitative estimate of drug-likeness (QED) is 0.223. The lowest BCUT2D eigenvalue weighted by atomic mass is 9.91. The van der Waals surface area contributed by atoms with Crippen molar-refractivity contribution < 1.29 is 44.8 Å². The van der Waals surface area contributed by atoms with Crippen LogP contribution >= 0.6 is 8.53 Å². The van der Waals surface area contributed by atoms with Gasteiger partial charge >= 0.3 is 0 Å². The monoisotopic (exact) mass is 317 g/mol. The highest BCUT2D eigenvalue weighted by atomic mass is 31.2. The highest BCUT2D eigenvalue weighted by Gasteiger charge is 2.48. The minimum Gasteiger partial charge on any atom is -0.394 e. The fourth-order valence-corrected chi connectivity index (χ4v) is 2.49. The predicted molar refractivity (Wildman–Crippen MR) is 65.1 cm³/mol. The van der Waals surface area contributed by atoms with Crippen molar-refractivity contribution in [1.82, 2.24) is 0 Å². The van der Waals surface area contributed by atoms with Crippen LogP contribution in [0.1, 0.15) is 0 Å². The molecule has 0 radical (unpaired) electrons. The Kier molecular flexibility index (Phi) is 7.12. The second kappa shape index (κ2) is 7.87. The van der Waals surface area contributed by atoms with Crippen LogP contribution in [0.2, 0.25) is 0 Å². The average molecular weight is 317 g/mol. The molecule has 1 aliphatic rings. The van der Waals surface area contributed by atoms with E-state index in [0.29, 0.717) is 0 Å². The summed E-state index contributed by atoms with van der Waals surface area (Å²) in [6.07, 6.45) is -10.5. The summed E-state index contributed by atoms with van der Waals surface area (Å²) in [5, 5.41) is 56.7. The fourth-order valence-electron chi connectivity index (χ4n) is 1.98. The molecule has 9 N–H and O–H groups in total. The predicted octanol–water partition coefficient (Wildman–Crippen LogP) is -4.25. The lowest BCUT2D eigenvalue weighted by molar-refractivity contribution is -0.255. The first-order valence-corrected chi connectivity index (χ1v) is 7.11. The summed E-state index contributed by atoms with van der Waals surface area (Å²) in [4.78, 5) is 9.05. The Hall–Kier alpha value is 0.0300. The third-order valence-electron chi connectivity index (χ3n) is 3.05. The van der Waals surface area contributed by atoms with E-state index in [1.165, 1.54) is 0 Å². The number of nitrogens with two attached hydrogens (primary N) is 1. The van der Waals surface area contributed by atoms with Crippen LogP contribution in [-0.4, -0.2) is 91.5 Å². The molecule has 1 heterocycles. The van der Waals surface area contributed by atoms with E-state index in [-0.39, 0.29) is 0 Å². The van der Waals surface area contributed by atoms with Gasteiger partial charge in [-0.3, -0.25) is 5.50 Å². The zero-order valence-corrected chi connectivity index (χ0v) is 11.3. The molecule has 0 aromatic rings. The smallest absolute Gasteiger partial charge is 0.250 e. The Labute approximate surface area is 116 Å². The summed E-state index contributed by atoms with van der Waals surface area (Å²) in [6, 6.07) is 0. The Balaban J connectivity index is 2.92. The first kappa shape index (κ1) is 18.1. The second-order valence-corrected chi connectivity index (χ2v) is 5.23. The Morgan fingerprint density at radius 1 is 1.15 bits per heavy atom. The van der Waals surface area contributed by atoms with Crippen molar-refractivity contribution in [3.63, 3.8) is 0 Å². The highest BCUT2D eigenvalue weighted by molar-refractivity contribution is 7.43. The van der Waals surface area contributed by atoms with Crippen molar-refractivity contribution in [3.8, 4) is 0 Å². The molecule has 8 atom stereocenters. The first-order valence-electron chi connectivity index (χ1n) is 5.83. The zero-order chi connectivity index (χ0) is 15.4. The maximum atomic E-state index is 9.84. The van der Waals surface area contributed by atoms with Crippen molar-refractivity contribution >= 4 is 8.53 Å². The number of ether oxygens (including phenoxy) is 1. The van der Waals surface area contributed by atoms with Crippen LogP contribution in [0.5, 0.6) is 0 Å². The Morgan fingerprint density at radius 2 is 1.75 bits per heavy atom. The molecule has 4 unspecified atom stereocenters. The Morgan fingerprint density at radius 3 is 2.20 bits per heavy atom. The molecule has 120 valence electrons. The molecule has 10 nitrogen and oxygen atoms in total. The number of hydrogen-bond acceptors (Lipinski definition) is 10. The minimum absolute atomic E-state index is 0.653. The summed E-state index contributed by atoms with van der Waals surface area (Å²) in [5.41, 5.74) is 5.07. The van der Waals surface area contributed by atoms with E-state index >= 15 is 0 Å². The SMILES string of the molecule is NP(O)OC(C(O)CO)C1O[C@H](CO)[C@H](O)[C@H](O)[C@H]1O. The van der Waals surface area contributed by atoms with Crippen molar-refractivity contribution in [2.75, 3.05) is 13.2 Å². The van der Waals surface area contributed by atoms with Crippen LogP contribution in [0, 0.1) is 0 Å². The molecule has 0 bridgehead atoms. The first-order chi connectivity index (χ1) is 9.33. The topological polar surface area (TPSA) is 186 Å². The van der Waals surface area contributed by atoms with E-state index in [1.807, 2.05) is 0 Å². The molecule has 0 amide bonds. The van der Waals surface area contributed by atoms with E-state index in [2.05, 4.69) is 0 Å². The lowest BCUT2D eigenvalue weighted by Gasteiger charge is -2.43. The maximum absolute atomic E-state index is 9.84. The van der Waals surface area contributed by atoms with E-state index in [9.17, 15) is 20.4 Å². The van der Waals surface area contributed by atoms with Crippen molar-refractivity contribution in [2.24, 2.45) is 5.50 Å².